The number of fused-ring (bicyclic) bond motifs is 2. The van der Waals surface area contributed by atoms with Crippen LogP contribution in [0.4, 0.5) is 5.69 Å². The molecular weight excluding hydrogens is 472 g/mol. The SMILES string of the molecule is O=C(Nc1cncc(-c2cc3c(-c4nc5c(-c6cccs6)cncc5[nH]4)n[nH]c3cn2)c1)C1CCC1. The monoisotopic (exact) mass is 492 g/mol. The maximum atomic E-state index is 12.4. The van der Waals surface area contributed by atoms with E-state index in [1.165, 1.54) is 0 Å². The van der Waals surface area contributed by atoms with Gasteiger partial charge in [-0.2, -0.15) is 5.10 Å². The molecule has 1 fully saturated rings. The van der Waals surface area contributed by atoms with Gasteiger partial charge >= 0.3 is 0 Å². The predicted molar refractivity (Wildman–Crippen MR) is 139 cm³/mol. The summed E-state index contributed by atoms with van der Waals surface area (Å²) in [6.07, 6.45) is 11.8. The summed E-state index contributed by atoms with van der Waals surface area (Å²) in [5.74, 6) is 0.817. The van der Waals surface area contributed by atoms with E-state index in [9.17, 15) is 4.79 Å². The molecule has 1 amide bonds. The van der Waals surface area contributed by atoms with Gasteiger partial charge in [0.1, 0.15) is 11.2 Å². The van der Waals surface area contributed by atoms with Gasteiger partial charge < -0.3 is 10.3 Å². The van der Waals surface area contributed by atoms with E-state index in [4.69, 9.17) is 4.98 Å². The number of carbonyl (C=O) groups excluding carboxylic acids is 1. The topological polar surface area (TPSA) is 125 Å². The van der Waals surface area contributed by atoms with Crippen molar-refractivity contribution in [2.24, 2.45) is 5.92 Å². The molecule has 176 valence electrons. The number of rotatable bonds is 5. The number of anilines is 1. The number of pyridine rings is 3. The molecule has 0 saturated heterocycles. The van der Waals surface area contributed by atoms with Gasteiger partial charge in [0.25, 0.3) is 0 Å². The smallest absolute Gasteiger partial charge is 0.227 e. The van der Waals surface area contributed by atoms with Crippen molar-refractivity contribution in [3.63, 3.8) is 0 Å². The number of aromatic nitrogens is 7. The molecule has 3 N–H and O–H groups in total. The number of amides is 1. The molecular formula is C26H20N8OS. The molecule has 0 aliphatic heterocycles. The molecule has 1 aliphatic carbocycles. The van der Waals surface area contributed by atoms with Gasteiger partial charge in [0, 0.05) is 39.7 Å². The van der Waals surface area contributed by atoms with Crippen LogP contribution >= 0.6 is 11.3 Å². The molecule has 0 unspecified atom stereocenters. The number of imidazole rings is 1. The Bertz CT molecular complexity index is 1730. The highest BCUT2D eigenvalue weighted by Gasteiger charge is 2.25. The van der Waals surface area contributed by atoms with E-state index in [2.05, 4.69) is 41.5 Å². The quantitative estimate of drug-likeness (QED) is 0.295. The van der Waals surface area contributed by atoms with Crippen molar-refractivity contribution in [3.05, 3.63) is 60.6 Å². The minimum Gasteiger partial charge on any atom is -0.335 e. The summed E-state index contributed by atoms with van der Waals surface area (Å²) in [6, 6.07) is 7.95. The zero-order valence-corrected chi connectivity index (χ0v) is 19.8. The lowest BCUT2D eigenvalue weighted by Gasteiger charge is -2.24. The number of carbonyl (C=O) groups is 1. The second-order valence-corrected chi connectivity index (χ2v) is 9.86. The first-order chi connectivity index (χ1) is 17.7. The van der Waals surface area contributed by atoms with E-state index in [1.807, 2.05) is 29.8 Å². The molecule has 6 aromatic heterocycles. The molecule has 0 radical (unpaired) electrons. The normalized spacial score (nSPS) is 13.8. The van der Waals surface area contributed by atoms with Gasteiger partial charge in [0.2, 0.25) is 5.91 Å². The van der Waals surface area contributed by atoms with Gasteiger partial charge in [-0.15, -0.1) is 11.3 Å². The minimum atomic E-state index is 0.0574. The van der Waals surface area contributed by atoms with E-state index >= 15 is 0 Å². The van der Waals surface area contributed by atoms with Crippen LogP contribution < -0.4 is 5.32 Å². The largest absolute Gasteiger partial charge is 0.335 e. The molecule has 10 heteroatoms. The van der Waals surface area contributed by atoms with E-state index in [-0.39, 0.29) is 11.8 Å². The molecule has 0 spiro atoms. The van der Waals surface area contributed by atoms with Gasteiger partial charge in [0.05, 0.1) is 41.0 Å². The number of H-pyrrole nitrogens is 2. The van der Waals surface area contributed by atoms with E-state index in [0.29, 0.717) is 17.2 Å². The number of nitrogens with zero attached hydrogens (tertiary/aromatic N) is 5. The lowest BCUT2D eigenvalue weighted by Crippen LogP contribution is -2.28. The van der Waals surface area contributed by atoms with Gasteiger partial charge in [0.15, 0.2) is 5.82 Å². The number of thiophene rings is 1. The molecule has 0 bridgehead atoms. The summed E-state index contributed by atoms with van der Waals surface area (Å²) in [6.45, 7) is 0. The van der Waals surface area contributed by atoms with E-state index < -0.39 is 0 Å². The highest BCUT2D eigenvalue weighted by atomic mass is 32.1. The summed E-state index contributed by atoms with van der Waals surface area (Å²) in [7, 11) is 0. The van der Waals surface area contributed by atoms with Crippen LogP contribution in [0.15, 0.2) is 60.6 Å². The molecule has 0 aromatic carbocycles. The maximum Gasteiger partial charge on any atom is 0.227 e. The van der Waals surface area contributed by atoms with Gasteiger partial charge in [-0.3, -0.25) is 24.8 Å². The number of hydrogen-bond donors (Lipinski definition) is 3. The van der Waals surface area contributed by atoms with Crippen molar-refractivity contribution < 1.29 is 4.79 Å². The summed E-state index contributed by atoms with van der Waals surface area (Å²) in [5, 5.41) is 13.5. The molecule has 6 aromatic rings. The minimum absolute atomic E-state index is 0.0574. The molecule has 9 nitrogen and oxygen atoms in total. The van der Waals surface area contributed by atoms with Crippen molar-refractivity contribution in [1.82, 2.24) is 35.1 Å². The van der Waals surface area contributed by atoms with E-state index in [0.717, 1.165) is 62.9 Å². The standard InChI is InChI=1S/C26H20N8OS/c35-26(14-3-1-4-14)30-16-7-15(9-27-10-16)19-8-17-20(13-29-19)33-34-24(17)25-31-21-12-28-11-18(23(21)32-25)22-5-2-6-36-22/h2,5-14H,1,3-4H2,(H,30,35)(H,31,32)(H,33,34). The summed E-state index contributed by atoms with van der Waals surface area (Å²) in [5.41, 5.74) is 6.40. The number of aromatic amines is 2. The average Bonchev–Trinajstić information content (AvgIpc) is 3.61. The van der Waals surface area contributed by atoms with Crippen LogP contribution in [0.5, 0.6) is 0 Å². The summed E-state index contributed by atoms with van der Waals surface area (Å²) < 4.78 is 0. The lowest BCUT2D eigenvalue weighted by atomic mass is 9.85. The third-order valence-electron chi connectivity index (χ3n) is 6.63. The fourth-order valence-electron chi connectivity index (χ4n) is 4.48. The lowest BCUT2D eigenvalue weighted by molar-refractivity contribution is -0.122. The first kappa shape index (κ1) is 20.9. The summed E-state index contributed by atoms with van der Waals surface area (Å²) >= 11 is 1.65. The Morgan fingerprint density at radius 1 is 1.06 bits per heavy atom. The Morgan fingerprint density at radius 2 is 1.97 bits per heavy atom. The van der Waals surface area contributed by atoms with Gasteiger partial charge in [-0.05, 0) is 36.4 Å². The summed E-state index contributed by atoms with van der Waals surface area (Å²) in [4.78, 5) is 35.1. The van der Waals surface area contributed by atoms with Crippen LogP contribution in [0.1, 0.15) is 19.3 Å². The van der Waals surface area contributed by atoms with Gasteiger partial charge in [-0.1, -0.05) is 12.5 Å². The highest BCUT2D eigenvalue weighted by Crippen LogP contribution is 2.34. The molecule has 6 heterocycles. The average molecular weight is 493 g/mol. The van der Waals surface area contributed by atoms with Crippen molar-refractivity contribution in [2.75, 3.05) is 5.32 Å². The van der Waals surface area contributed by atoms with Crippen LogP contribution in [0, 0.1) is 5.92 Å². The van der Waals surface area contributed by atoms with E-state index in [1.54, 1.807) is 36.1 Å². The van der Waals surface area contributed by atoms with Crippen LogP contribution in [0.25, 0.3) is 55.2 Å². The Balaban J connectivity index is 1.26. The van der Waals surface area contributed by atoms with Crippen LogP contribution in [0.3, 0.4) is 0 Å². The fraction of sp³-hybridized carbons (Fsp3) is 0.154. The van der Waals surface area contributed by atoms with Gasteiger partial charge in [-0.25, -0.2) is 4.98 Å². The van der Waals surface area contributed by atoms with Crippen LogP contribution in [-0.2, 0) is 4.79 Å². The Kier molecular flexibility index (Phi) is 4.84. The molecule has 7 rings (SSSR count). The molecule has 0 atom stereocenters. The zero-order chi connectivity index (χ0) is 24.1. The van der Waals surface area contributed by atoms with Crippen molar-refractivity contribution >= 4 is 44.9 Å². The fourth-order valence-corrected chi connectivity index (χ4v) is 5.21. The van der Waals surface area contributed by atoms with Crippen LogP contribution in [0.2, 0.25) is 0 Å². The Morgan fingerprint density at radius 3 is 2.81 bits per heavy atom. The Hall–Kier alpha value is -4.44. The number of nitrogens with one attached hydrogen (secondary N) is 3. The zero-order valence-electron chi connectivity index (χ0n) is 19.0. The van der Waals surface area contributed by atoms with Crippen molar-refractivity contribution in [1.29, 1.82) is 0 Å². The first-order valence-corrected chi connectivity index (χ1v) is 12.6. The Labute approximate surface area is 209 Å². The molecule has 1 aliphatic rings. The molecule has 36 heavy (non-hydrogen) atoms. The van der Waals surface area contributed by atoms with Crippen molar-refractivity contribution in [2.45, 2.75) is 19.3 Å². The van der Waals surface area contributed by atoms with Crippen LogP contribution in [-0.4, -0.2) is 41.0 Å². The third-order valence-corrected chi connectivity index (χ3v) is 7.53. The highest BCUT2D eigenvalue weighted by molar-refractivity contribution is 7.13. The predicted octanol–water partition coefficient (Wildman–Crippen LogP) is 5.43. The third kappa shape index (κ3) is 3.54. The first-order valence-electron chi connectivity index (χ1n) is 11.7. The second kappa shape index (κ2) is 8.35. The number of hydrogen-bond acceptors (Lipinski definition) is 7. The maximum absolute atomic E-state index is 12.4. The van der Waals surface area contributed by atoms with Crippen molar-refractivity contribution in [3.8, 4) is 33.2 Å². The second-order valence-electron chi connectivity index (χ2n) is 8.91. The molecule has 1 saturated carbocycles.